The molecule has 0 spiro atoms. The third-order valence-electron chi connectivity index (χ3n) is 4.25. The molecule has 2 N–H and O–H groups in total. The minimum atomic E-state index is 0.512. The third-order valence-corrected chi connectivity index (χ3v) is 4.25. The van der Waals surface area contributed by atoms with Crippen LogP contribution in [0.4, 0.5) is 0 Å². The zero-order valence-electron chi connectivity index (χ0n) is 9.41. The number of likely N-dealkylation sites (tertiary alicyclic amines) is 1. The lowest BCUT2D eigenvalue weighted by Gasteiger charge is -2.37. The molecule has 82 valence electrons. The van der Waals surface area contributed by atoms with Gasteiger partial charge >= 0.3 is 0 Å². The molecule has 0 bridgehead atoms. The molecule has 14 heavy (non-hydrogen) atoms. The van der Waals surface area contributed by atoms with Crippen molar-refractivity contribution in [3.8, 4) is 0 Å². The normalized spacial score (nSPS) is 37.3. The Morgan fingerprint density at radius 1 is 0.857 bits per heavy atom. The summed E-state index contributed by atoms with van der Waals surface area (Å²) in [5.74, 6) is 2.02. The maximum Gasteiger partial charge on any atom is 0.00390 e. The van der Waals surface area contributed by atoms with Crippen molar-refractivity contribution in [1.82, 2.24) is 4.90 Å². The monoisotopic (exact) mass is 196 g/mol. The van der Waals surface area contributed by atoms with E-state index in [0.29, 0.717) is 6.04 Å². The van der Waals surface area contributed by atoms with Gasteiger partial charge in [-0.05, 0) is 70.5 Å². The van der Waals surface area contributed by atoms with Gasteiger partial charge in [-0.2, -0.15) is 0 Å². The molecule has 2 nitrogen and oxygen atoms in total. The molecule has 1 heterocycles. The zero-order chi connectivity index (χ0) is 9.97. The van der Waals surface area contributed by atoms with Gasteiger partial charge in [0.25, 0.3) is 0 Å². The van der Waals surface area contributed by atoms with E-state index in [1.807, 2.05) is 0 Å². The minimum absolute atomic E-state index is 0.512. The fraction of sp³-hybridized carbons (Fsp3) is 1.00. The van der Waals surface area contributed by atoms with E-state index in [2.05, 4.69) is 11.9 Å². The average Bonchev–Trinajstić information content (AvgIpc) is 2.21. The molecular weight excluding hydrogens is 172 g/mol. The highest BCUT2D eigenvalue weighted by Crippen LogP contribution is 2.34. The summed E-state index contributed by atoms with van der Waals surface area (Å²) < 4.78 is 0. The number of piperidine rings is 1. The molecule has 0 atom stereocenters. The van der Waals surface area contributed by atoms with Crippen LogP contribution in [0.5, 0.6) is 0 Å². The van der Waals surface area contributed by atoms with Crippen LogP contribution in [-0.2, 0) is 0 Å². The van der Waals surface area contributed by atoms with Crippen molar-refractivity contribution in [2.45, 2.75) is 44.6 Å². The predicted octanol–water partition coefficient (Wildman–Crippen LogP) is 1.85. The van der Waals surface area contributed by atoms with Crippen molar-refractivity contribution in [2.24, 2.45) is 17.6 Å². The third kappa shape index (κ3) is 2.48. The lowest BCUT2D eigenvalue weighted by atomic mass is 9.75. The van der Waals surface area contributed by atoms with Gasteiger partial charge in [-0.25, -0.2) is 0 Å². The molecule has 0 amide bonds. The molecule has 1 aliphatic heterocycles. The Labute approximate surface area is 87.8 Å². The Hall–Kier alpha value is -0.0800. The first kappa shape index (κ1) is 10.4. The first-order chi connectivity index (χ1) is 6.75. The Morgan fingerprint density at radius 2 is 1.36 bits per heavy atom. The highest BCUT2D eigenvalue weighted by molar-refractivity contribution is 4.82. The highest BCUT2D eigenvalue weighted by atomic mass is 15.1. The van der Waals surface area contributed by atoms with Crippen LogP contribution in [0.3, 0.4) is 0 Å². The Balaban J connectivity index is 1.78. The van der Waals surface area contributed by atoms with E-state index in [9.17, 15) is 0 Å². The predicted molar refractivity (Wildman–Crippen MR) is 60.2 cm³/mol. The number of hydrogen-bond donors (Lipinski definition) is 1. The van der Waals surface area contributed by atoms with E-state index in [4.69, 9.17) is 5.73 Å². The van der Waals surface area contributed by atoms with Gasteiger partial charge in [0.2, 0.25) is 0 Å². The number of rotatable bonds is 1. The second kappa shape index (κ2) is 4.63. The largest absolute Gasteiger partial charge is 0.328 e. The lowest BCUT2D eigenvalue weighted by Crippen LogP contribution is -2.36. The second-order valence-electron chi connectivity index (χ2n) is 5.32. The summed E-state index contributed by atoms with van der Waals surface area (Å²) in [7, 11) is 2.24. The smallest absolute Gasteiger partial charge is 0.00390 e. The Kier molecular flexibility index (Phi) is 3.45. The van der Waals surface area contributed by atoms with Crippen LogP contribution in [0.15, 0.2) is 0 Å². The summed E-state index contributed by atoms with van der Waals surface area (Å²) >= 11 is 0. The maximum absolute atomic E-state index is 5.94. The van der Waals surface area contributed by atoms with Gasteiger partial charge in [0.15, 0.2) is 0 Å². The van der Waals surface area contributed by atoms with Crippen LogP contribution in [0, 0.1) is 11.8 Å². The van der Waals surface area contributed by atoms with Crippen LogP contribution < -0.4 is 5.73 Å². The molecule has 2 aliphatic rings. The first-order valence-electron chi connectivity index (χ1n) is 6.20. The minimum Gasteiger partial charge on any atom is -0.328 e. The average molecular weight is 196 g/mol. The van der Waals surface area contributed by atoms with Gasteiger partial charge in [-0.3, -0.25) is 0 Å². The molecule has 0 unspecified atom stereocenters. The molecule has 0 radical (unpaired) electrons. The summed E-state index contributed by atoms with van der Waals surface area (Å²) in [6.07, 6.45) is 8.20. The van der Waals surface area contributed by atoms with Crippen molar-refractivity contribution in [2.75, 3.05) is 20.1 Å². The van der Waals surface area contributed by atoms with Gasteiger partial charge in [0.1, 0.15) is 0 Å². The van der Waals surface area contributed by atoms with Crippen molar-refractivity contribution in [3.05, 3.63) is 0 Å². The van der Waals surface area contributed by atoms with E-state index in [-0.39, 0.29) is 0 Å². The molecule has 2 heteroatoms. The van der Waals surface area contributed by atoms with Crippen molar-refractivity contribution in [1.29, 1.82) is 0 Å². The van der Waals surface area contributed by atoms with Crippen LogP contribution in [0.25, 0.3) is 0 Å². The van der Waals surface area contributed by atoms with Gasteiger partial charge in [-0.15, -0.1) is 0 Å². The maximum atomic E-state index is 5.94. The molecule has 2 fully saturated rings. The quantitative estimate of drug-likeness (QED) is 0.693. The van der Waals surface area contributed by atoms with Gasteiger partial charge in [0, 0.05) is 6.04 Å². The van der Waals surface area contributed by atoms with Gasteiger partial charge in [-0.1, -0.05) is 0 Å². The highest BCUT2D eigenvalue weighted by Gasteiger charge is 2.28. The molecule has 1 aliphatic carbocycles. The summed E-state index contributed by atoms with van der Waals surface area (Å²) in [5, 5.41) is 0. The van der Waals surface area contributed by atoms with E-state index >= 15 is 0 Å². The van der Waals surface area contributed by atoms with Gasteiger partial charge < -0.3 is 10.6 Å². The fourth-order valence-corrected chi connectivity index (χ4v) is 3.12. The Morgan fingerprint density at radius 3 is 1.93 bits per heavy atom. The summed E-state index contributed by atoms with van der Waals surface area (Å²) in [5.41, 5.74) is 5.94. The number of hydrogen-bond acceptors (Lipinski definition) is 2. The van der Waals surface area contributed by atoms with Crippen molar-refractivity contribution >= 4 is 0 Å². The standard InChI is InChI=1S/C12H24N2/c1-14-8-6-11(7-9-14)10-2-4-12(13)5-3-10/h10-12H,2-9,13H2,1H3. The number of nitrogens with zero attached hydrogens (tertiary/aromatic N) is 1. The van der Waals surface area contributed by atoms with E-state index in [0.717, 1.165) is 11.8 Å². The van der Waals surface area contributed by atoms with Crippen molar-refractivity contribution < 1.29 is 0 Å². The summed E-state index contributed by atoms with van der Waals surface area (Å²) in [4.78, 5) is 2.46. The van der Waals surface area contributed by atoms with Crippen LogP contribution >= 0.6 is 0 Å². The molecule has 1 saturated heterocycles. The fourth-order valence-electron chi connectivity index (χ4n) is 3.12. The lowest BCUT2D eigenvalue weighted by molar-refractivity contribution is 0.140. The number of nitrogens with two attached hydrogens (primary N) is 1. The molecule has 0 aromatic carbocycles. The van der Waals surface area contributed by atoms with E-state index in [1.165, 1.54) is 51.6 Å². The molecule has 2 rings (SSSR count). The second-order valence-corrected chi connectivity index (χ2v) is 5.32. The zero-order valence-corrected chi connectivity index (χ0v) is 9.41. The molecule has 0 aromatic heterocycles. The van der Waals surface area contributed by atoms with Crippen LogP contribution in [-0.4, -0.2) is 31.1 Å². The SMILES string of the molecule is CN1CCC(C2CCC(N)CC2)CC1. The Bertz CT molecular complexity index is 145. The van der Waals surface area contributed by atoms with Gasteiger partial charge in [0.05, 0.1) is 0 Å². The topological polar surface area (TPSA) is 29.3 Å². The van der Waals surface area contributed by atoms with Crippen molar-refractivity contribution in [3.63, 3.8) is 0 Å². The van der Waals surface area contributed by atoms with E-state index in [1.54, 1.807) is 0 Å². The van der Waals surface area contributed by atoms with Crippen LogP contribution in [0.1, 0.15) is 38.5 Å². The first-order valence-corrected chi connectivity index (χ1v) is 6.20. The van der Waals surface area contributed by atoms with E-state index < -0.39 is 0 Å². The molecule has 0 aromatic rings. The molecular formula is C12H24N2. The van der Waals surface area contributed by atoms with Crippen LogP contribution in [0.2, 0.25) is 0 Å². The molecule has 1 saturated carbocycles. The summed E-state index contributed by atoms with van der Waals surface area (Å²) in [6.45, 7) is 2.63. The summed E-state index contributed by atoms with van der Waals surface area (Å²) in [6, 6.07) is 0.512.